The molecular formula is C15H12ClN3O. The number of aromatic hydroxyl groups is 1. The molecular weight excluding hydrogens is 274 g/mol. The van der Waals surface area contributed by atoms with Crippen molar-refractivity contribution in [2.24, 2.45) is 12.0 Å². The zero-order chi connectivity index (χ0) is 14.1. The molecule has 5 heteroatoms. The summed E-state index contributed by atoms with van der Waals surface area (Å²) < 4.78 is 1.90. The minimum atomic E-state index is 0.136. The van der Waals surface area contributed by atoms with Crippen molar-refractivity contribution in [3.63, 3.8) is 0 Å². The fourth-order valence-corrected chi connectivity index (χ4v) is 2.18. The monoisotopic (exact) mass is 285 g/mol. The largest absolute Gasteiger partial charge is 0.507 e. The first-order valence-corrected chi connectivity index (χ1v) is 6.47. The first-order valence-electron chi connectivity index (χ1n) is 6.09. The fraction of sp³-hybridized carbons (Fsp3) is 0.0667. The fourth-order valence-electron chi connectivity index (χ4n) is 2.00. The molecule has 0 aliphatic rings. The quantitative estimate of drug-likeness (QED) is 0.730. The van der Waals surface area contributed by atoms with Crippen molar-refractivity contribution in [1.82, 2.24) is 9.55 Å². The highest BCUT2D eigenvalue weighted by Gasteiger charge is 2.05. The third kappa shape index (κ3) is 2.26. The van der Waals surface area contributed by atoms with Gasteiger partial charge in [-0.15, -0.1) is 0 Å². The van der Waals surface area contributed by atoms with Crippen LogP contribution in [0.5, 0.6) is 5.75 Å². The van der Waals surface area contributed by atoms with Crippen LogP contribution in [0.1, 0.15) is 5.56 Å². The van der Waals surface area contributed by atoms with Gasteiger partial charge in [-0.2, -0.15) is 0 Å². The number of fused-ring (bicyclic) bond motifs is 1. The maximum atomic E-state index is 9.74. The standard InChI is InChI=1S/C15H12ClN3O/c1-19-13-5-3-2-4-12(13)18-15(19)17-9-10-8-11(16)6-7-14(10)20/h2-9,20H,1H3/b17-9+. The minimum Gasteiger partial charge on any atom is -0.507 e. The summed E-state index contributed by atoms with van der Waals surface area (Å²) in [5.41, 5.74) is 2.46. The number of aryl methyl sites for hydroxylation is 1. The summed E-state index contributed by atoms with van der Waals surface area (Å²) in [6.07, 6.45) is 1.56. The van der Waals surface area contributed by atoms with E-state index in [9.17, 15) is 5.11 Å². The number of nitrogens with zero attached hydrogens (tertiary/aromatic N) is 3. The van der Waals surface area contributed by atoms with Gasteiger partial charge >= 0.3 is 0 Å². The van der Waals surface area contributed by atoms with Crippen LogP contribution in [0.2, 0.25) is 5.02 Å². The van der Waals surface area contributed by atoms with Gasteiger partial charge in [0.05, 0.1) is 11.0 Å². The second kappa shape index (κ2) is 4.98. The molecule has 0 unspecified atom stereocenters. The van der Waals surface area contributed by atoms with Crippen LogP contribution < -0.4 is 0 Å². The van der Waals surface area contributed by atoms with Crippen molar-refractivity contribution in [3.05, 3.63) is 53.1 Å². The molecule has 0 saturated heterocycles. The second-order valence-corrected chi connectivity index (χ2v) is 4.86. The molecule has 0 aliphatic carbocycles. The summed E-state index contributed by atoms with van der Waals surface area (Å²) in [5, 5.41) is 10.3. The molecule has 1 aromatic heterocycles. The van der Waals surface area contributed by atoms with Crippen molar-refractivity contribution >= 4 is 34.8 Å². The van der Waals surface area contributed by atoms with Gasteiger partial charge in [-0.1, -0.05) is 23.7 Å². The molecule has 1 N–H and O–H groups in total. The molecule has 4 nitrogen and oxygen atoms in total. The van der Waals surface area contributed by atoms with Gasteiger partial charge in [0.1, 0.15) is 5.75 Å². The van der Waals surface area contributed by atoms with Gasteiger partial charge in [0.15, 0.2) is 0 Å². The van der Waals surface area contributed by atoms with Crippen LogP contribution in [-0.4, -0.2) is 20.9 Å². The Hall–Kier alpha value is -2.33. The van der Waals surface area contributed by atoms with Crippen LogP contribution in [0.4, 0.5) is 5.95 Å². The van der Waals surface area contributed by atoms with E-state index in [1.54, 1.807) is 24.4 Å². The highest BCUT2D eigenvalue weighted by atomic mass is 35.5. The van der Waals surface area contributed by atoms with E-state index < -0.39 is 0 Å². The Morgan fingerprint density at radius 3 is 2.85 bits per heavy atom. The third-order valence-corrected chi connectivity index (χ3v) is 3.31. The second-order valence-electron chi connectivity index (χ2n) is 4.42. The van der Waals surface area contributed by atoms with E-state index in [0.717, 1.165) is 11.0 Å². The summed E-state index contributed by atoms with van der Waals surface area (Å²) in [4.78, 5) is 8.75. The molecule has 0 radical (unpaired) electrons. The van der Waals surface area contributed by atoms with E-state index in [4.69, 9.17) is 11.6 Å². The van der Waals surface area contributed by atoms with Crippen molar-refractivity contribution in [1.29, 1.82) is 0 Å². The summed E-state index contributed by atoms with van der Waals surface area (Å²) >= 11 is 5.90. The highest BCUT2D eigenvalue weighted by Crippen LogP contribution is 2.22. The van der Waals surface area contributed by atoms with Gasteiger partial charge in [0.2, 0.25) is 5.95 Å². The molecule has 0 aliphatic heterocycles. The number of phenols is 1. The Balaban J connectivity index is 2.02. The first-order chi connectivity index (χ1) is 9.65. The lowest BCUT2D eigenvalue weighted by Crippen LogP contribution is -1.88. The maximum absolute atomic E-state index is 9.74. The number of phenolic OH excluding ortho intramolecular Hbond substituents is 1. The lowest BCUT2D eigenvalue weighted by Gasteiger charge is -1.99. The predicted molar refractivity (Wildman–Crippen MR) is 81.1 cm³/mol. The topological polar surface area (TPSA) is 50.4 Å². The van der Waals surface area contributed by atoms with Crippen LogP contribution in [0.25, 0.3) is 11.0 Å². The molecule has 100 valence electrons. The molecule has 0 saturated carbocycles. The number of halogens is 1. The molecule has 3 rings (SSSR count). The summed E-state index contributed by atoms with van der Waals surface area (Å²) in [5.74, 6) is 0.711. The number of aliphatic imine (C=N–C) groups is 1. The number of para-hydroxylation sites is 2. The van der Waals surface area contributed by atoms with E-state index >= 15 is 0 Å². The predicted octanol–water partition coefficient (Wildman–Crippen LogP) is 3.68. The minimum absolute atomic E-state index is 0.136. The lowest BCUT2D eigenvalue weighted by atomic mass is 10.2. The molecule has 1 heterocycles. The van der Waals surface area contributed by atoms with Gasteiger partial charge < -0.3 is 9.67 Å². The number of benzene rings is 2. The third-order valence-electron chi connectivity index (χ3n) is 3.07. The van der Waals surface area contributed by atoms with E-state index in [0.29, 0.717) is 16.5 Å². The summed E-state index contributed by atoms with van der Waals surface area (Å²) in [6, 6.07) is 12.6. The zero-order valence-electron chi connectivity index (χ0n) is 10.8. The van der Waals surface area contributed by atoms with Crippen LogP contribution in [0, 0.1) is 0 Å². The molecule has 2 aromatic carbocycles. The van der Waals surface area contributed by atoms with Gasteiger partial charge in [-0.05, 0) is 30.3 Å². The molecule has 0 spiro atoms. The van der Waals surface area contributed by atoms with E-state index in [1.165, 1.54) is 0 Å². The zero-order valence-corrected chi connectivity index (χ0v) is 11.5. The first kappa shape index (κ1) is 12.7. The Morgan fingerprint density at radius 1 is 1.25 bits per heavy atom. The molecule has 0 amide bonds. The molecule has 3 aromatic rings. The normalized spacial score (nSPS) is 11.5. The maximum Gasteiger partial charge on any atom is 0.230 e. The number of imidazole rings is 1. The van der Waals surface area contributed by atoms with Gasteiger partial charge in [-0.25, -0.2) is 9.98 Å². The number of aromatic nitrogens is 2. The van der Waals surface area contributed by atoms with Crippen molar-refractivity contribution in [3.8, 4) is 5.75 Å². The Bertz CT molecular complexity index is 808. The van der Waals surface area contributed by atoms with E-state index in [-0.39, 0.29) is 5.75 Å². The van der Waals surface area contributed by atoms with E-state index in [2.05, 4.69) is 9.98 Å². The number of rotatable bonds is 2. The average molecular weight is 286 g/mol. The van der Waals surface area contributed by atoms with Crippen molar-refractivity contribution in [2.45, 2.75) is 0 Å². The number of hydrogen-bond acceptors (Lipinski definition) is 3. The number of hydrogen-bond donors (Lipinski definition) is 1. The Labute approximate surface area is 121 Å². The van der Waals surface area contributed by atoms with Crippen LogP contribution >= 0.6 is 11.6 Å². The smallest absolute Gasteiger partial charge is 0.230 e. The summed E-state index contributed by atoms with van der Waals surface area (Å²) in [7, 11) is 1.90. The Morgan fingerprint density at radius 2 is 2.05 bits per heavy atom. The highest BCUT2D eigenvalue weighted by molar-refractivity contribution is 6.30. The van der Waals surface area contributed by atoms with Gasteiger partial charge in [0, 0.05) is 23.8 Å². The molecule has 20 heavy (non-hydrogen) atoms. The lowest BCUT2D eigenvalue weighted by molar-refractivity contribution is 0.474. The van der Waals surface area contributed by atoms with Crippen LogP contribution in [-0.2, 0) is 7.05 Å². The van der Waals surface area contributed by atoms with Crippen LogP contribution in [0.15, 0.2) is 47.5 Å². The molecule has 0 bridgehead atoms. The van der Waals surface area contributed by atoms with Crippen molar-refractivity contribution < 1.29 is 5.11 Å². The van der Waals surface area contributed by atoms with E-state index in [1.807, 2.05) is 35.9 Å². The SMILES string of the molecule is Cn1c(/N=C/c2cc(Cl)ccc2O)nc2ccccc21. The van der Waals surface area contributed by atoms with Gasteiger partial charge in [0.25, 0.3) is 0 Å². The Kier molecular flexibility index (Phi) is 3.16. The molecule has 0 atom stereocenters. The van der Waals surface area contributed by atoms with Crippen molar-refractivity contribution in [2.75, 3.05) is 0 Å². The summed E-state index contributed by atoms with van der Waals surface area (Å²) in [6.45, 7) is 0. The van der Waals surface area contributed by atoms with Crippen LogP contribution in [0.3, 0.4) is 0 Å². The average Bonchev–Trinajstić information content (AvgIpc) is 2.77. The molecule has 0 fully saturated rings. The van der Waals surface area contributed by atoms with Gasteiger partial charge in [-0.3, -0.25) is 0 Å².